The molecule has 0 bridgehead atoms. The Morgan fingerprint density at radius 1 is 1.08 bits per heavy atom. The third-order valence-corrected chi connectivity index (χ3v) is 3.26. The number of nitrogens with zero attached hydrogens (tertiary/aromatic N) is 4. The molecule has 3 aromatic rings. The van der Waals surface area contributed by atoms with Gasteiger partial charge in [-0.25, -0.2) is 15.0 Å². The normalized spacial score (nSPS) is 12.2. The van der Waals surface area contributed by atoms with Crippen LogP contribution in [0.2, 0.25) is 0 Å². The number of halogens is 3. The summed E-state index contributed by atoms with van der Waals surface area (Å²) < 4.78 is 43.2. The molecule has 11 heteroatoms. The van der Waals surface area contributed by atoms with Crippen LogP contribution < -0.4 is 11.1 Å². The third kappa shape index (κ3) is 3.71. The van der Waals surface area contributed by atoms with Crippen LogP contribution in [0.1, 0.15) is 11.3 Å². The van der Waals surface area contributed by atoms with Crippen LogP contribution in [-0.2, 0) is 6.18 Å². The molecule has 1 aromatic carbocycles. The van der Waals surface area contributed by atoms with Crippen molar-refractivity contribution in [1.82, 2.24) is 15.0 Å². The van der Waals surface area contributed by atoms with Gasteiger partial charge in [0, 0.05) is 5.56 Å². The fourth-order valence-corrected chi connectivity index (χ4v) is 1.97. The number of hydrogen-bond acceptors (Lipinski definition) is 7. The highest BCUT2D eigenvalue weighted by molar-refractivity contribution is 5.94. The molecule has 4 N–H and O–H groups in total. The topological polar surface area (TPSA) is 122 Å². The van der Waals surface area contributed by atoms with Crippen LogP contribution >= 0.6 is 0 Å². The zero-order valence-corrected chi connectivity index (χ0v) is 12.9. The smallest absolute Gasteiger partial charge is 0.416 e. The van der Waals surface area contributed by atoms with E-state index in [0.29, 0.717) is 5.56 Å². The summed E-state index contributed by atoms with van der Waals surface area (Å²) in [7, 11) is 0. The number of alkyl halides is 3. The van der Waals surface area contributed by atoms with Crippen LogP contribution in [-0.4, -0.2) is 26.0 Å². The number of oxime groups is 1. The van der Waals surface area contributed by atoms with Crippen molar-refractivity contribution in [2.45, 2.75) is 6.18 Å². The molecule has 0 spiro atoms. The molecule has 134 valence electrons. The molecule has 0 saturated heterocycles. The summed E-state index contributed by atoms with van der Waals surface area (Å²) in [6, 6.07) is 4.58. The monoisotopic (exact) mass is 364 g/mol. The molecule has 0 unspecified atom stereocenters. The summed E-state index contributed by atoms with van der Waals surface area (Å²) in [4.78, 5) is 11.9. The highest BCUT2D eigenvalue weighted by Gasteiger charge is 2.30. The number of oxazole rings is 1. The Balaban J connectivity index is 1.74. The number of nitrogens with two attached hydrogens (primary N) is 1. The lowest BCUT2D eigenvalue weighted by atomic mass is 10.1. The molecule has 3 rings (SSSR count). The Kier molecular flexibility index (Phi) is 4.43. The fourth-order valence-electron chi connectivity index (χ4n) is 1.97. The Morgan fingerprint density at radius 2 is 1.81 bits per heavy atom. The van der Waals surface area contributed by atoms with E-state index in [9.17, 15) is 13.2 Å². The number of amidine groups is 1. The van der Waals surface area contributed by atoms with Crippen molar-refractivity contribution in [1.29, 1.82) is 0 Å². The van der Waals surface area contributed by atoms with Gasteiger partial charge in [-0.3, -0.25) is 5.32 Å². The van der Waals surface area contributed by atoms with Crippen molar-refractivity contribution < 1.29 is 22.8 Å². The zero-order valence-electron chi connectivity index (χ0n) is 12.9. The van der Waals surface area contributed by atoms with E-state index in [1.807, 2.05) is 0 Å². The van der Waals surface area contributed by atoms with Gasteiger partial charge in [0.2, 0.25) is 0 Å². The average molecular weight is 364 g/mol. The summed E-state index contributed by atoms with van der Waals surface area (Å²) in [6.45, 7) is 0. The van der Waals surface area contributed by atoms with Crippen molar-refractivity contribution in [2.24, 2.45) is 10.9 Å². The van der Waals surface area contributed by atoms with Crippen molar-refractivity contribution in [2.75, 3.05) is 5.32 Å². The Morgan fingerprint density at radius 3 is 2.38 bits per heavy atom. The molecule has 0 amide bonds. The van der Waals surface area contributed by atoms with Crippen molar-refractivity contribution >= 4 is 17.7 Å². The number of aromatic nitrogens is 3. The predicted octanol–water partition coefficient (Wildman–Crippen LogP) is 2.99. The van der Waals surface area contributed by atoms with Crippen LogP contribution in [0.25, 0.3) is 11.3 Å². The van der Waals surface area contributed by atoms with E-state index in [0.717, 1.165) is 12.1 Å². The lowest BCUT2D eigenvalue weighted by molar-refractivity contribution is -0.137. The SMILES string of the molecule is N/C(=N\O)c1cnc(Nc2ncc(-c3ccc(C(F)(F)F)cc3)o2)cn1. The van der Waals surface area contributed by atoms with E-state index in [1.165, 1.54) is 30.7 Å². The molecular formula is C15H11F3N6O2. The number of hydrogen-bond donors (Lipinski definition) is 3. The zero-order chi connectivity index (χ0) is 18.7. The summed E-state index contributed by atoms with van der Waals surface area (Å²) in [6.07, 6.45) is -0.447. The quantitative estimate of drug-likeness (QED) is 0.281. The summed E-state index contributed by atoms with van der Waals surface area (Å²) in [5, 5.41) is 14.1. The maximum atomic E-state index is 12.6. The van der Waals surface area contributed by atoms with Gasteiger partial charge in [-0.15, -0.1) is 0 Å². The molecule has 0 aliphatic carbocycles. The van der Waals surface area contributed by atoms with Crippen LogP contribution in [0.15, 0.2) is 52.4 Å². The van der Waals surface area contributed by atoms with E-state index in [2.05, 4.69) is 25.4 Å². The molecule has 0 atom stereocenters. The molecule has 2 aromatic heterocycles. The van der Waals surface area contributed by atoms with Gasteiger partial charge in [0.25, 0.3) is 0 Å². The summed E-state index contributed by atoms with van der Waals surface area (Å²) >= 11 is 0. The molecule has 0 aliphatic heterocycles. The first-order chi connectivity index (χ1) is 12.4. The third-order valence-electron chi connectivity index (χ3n) is 3.26. The first kappa shape index (κ1) is 17.2. The maximum absolute atomic E-state index is 12.6. The minimum atomic E-state index is -4.40. The van der Waals surface area contributed by atoms with E-state index < -0.39 is 11.7 Å². The van der Waals surface area contributed by atoms with Crippen LogP contribution in [0, 0.1) is 0 Å². The Bertz CT molecular complexity index is 920. The molecule has 0 aliphatic rings. The fraction of sp³-hybridized carbons (Fsp3) is 0.0667. The first-order valence-electron chi connectivity index (χ1n) is 7.07. The molecule has 0 saturated carbocycles. The average Bonchev–Trinajstić information content (AvgIpc) is 3.09. The van der Waals surface area contributed by atoms with Gasteiger partial charge in [0.1, 0.15) is 5.69 Å². The van der Waals surface area contributed by atoms with E-state index in [-0.39, 0.29) is 29.1 Å². The van der Waals surface area contributed by atoms with Crippen LogP contribution in [0.5, 0.6) is 0 Å². The second-order valence-corrected chi connectivity index (χ2v) is 5.00. The summed E-state index contributed by atoms with van der Waals surface area (Å²) in [5.41, 5.74) is 5.24. The molecule has 2 heterocycles. The molecule has 0 fully saturated rings. The summed E-state index contributed by atoms with van der Waals surface area (Å²) in [5.74, 6) is 0.368. The van der Waals surface area contributed by atoms with E-state index >= 15 is 0 Å². The largest absolute Gasteiger partial charge is 0.423 e. The van der Waals surface area contributed by atoms with Gasteiger partial charge in [-0.2, -0.15) is 13.2 Å². The van der Waals surface area contributed by atoms with Gasteiger partial charge in [0.15, 0.2) is 17.4 Å². The number of nitrogens with one attached hydrogen (secondary N) is 1. The highest BCUT2D eigenvalue weighted by atomic mass is 19.4. The van der Waals surface area contributed by atoms with Crippen LogP contribution in [0.3, 0.4) is 0 Å². The Hall–Kier alpha value is -3.63. The van der Waals surface area contributed by atoms with Gasteiger partial charge in [-0.1, -0.05) is 17.3 Å². The highest BCUT2D eigenvalue weighted by Crippen LogP contribution is 2.31. The maximum Gasteiger partial charge on any atom is 0.416 e. The minimum Gasteiger partial charge on any atom is -0.423 e. The number of anilines is 2. The molecular weight excluding hydrogens is 353 g/mol. The molecule has 26 heavy (non-hydrogen) atoms. The van der Waals surface area contributed by atoms with Crippen molar-refractivity contribution in [3.05, 3.63) is 54.1 Å². The Labute approximate surface area is 144 Å². The van der Waals surface area contributed by atoms with Crippen LogP contribution in [0.4, 0.5) is 25.0 Å². The number of benzene rings is 1. The lowest BCUT2D eigenvalue weighted by Crippen LogP contribution is -2.15. The number of rotatable bonds is 4. The van der Waals surface area contributed by atoms with E-state index in [4.69, 9.17) is 15.4 Å². The van der Waals surface area contributed by atoms with Gasteiger partial charge in [0.05, 0.1) is 24.2 Å². The van der Waals surface area contributed by atoms with Gasteiger partial charge in [-0.05, 0) is 12.1 Å². The molecule has 8 nitrogen and oxygen atoms in total. The minimum absolute atomic E-state index is 0.0748. The second kappa shape index (κ2) is 6.70. The lowest BCUT2D eigenvalue weighted by Gasteiger charge is -2.06. The van der Waals surface area contributed by atoms with E-state index in [1.54, 1.807) is 0 Å². The van der Waals surface area contributed by atoms with Gasteiger partial charge < -0.3 is 15.4 Å². The standard InChI is InChI=1S/C15H11F3N6O2/c16-15(17,18)9-3-1-8(2-4-9)11-6-22-14(26-11)23-12-7-20-10(5-21-12)13(19)24-25/h1-7,25H,(H2,19,24)(H,21,22,23). The van der Waals surface area contributed by atoms with Crippen molar-refractivity contribution in [3.63, 3.8) is 0 Å². The predicted molar refractivity (Wildman–Crippen MR) is 84.8 cm³/mol. The first-order valence-corrected chi connectivity index (χ1v) is 7.07. The van der Waals surface area contributed by atoms with Gasteiger partial charge >= 0.3 is 12.2 Å². The molecule has 0 radical (unpaired) electrons. The second-order valence-electron chi connectivity index (χ2n) is 5.00. The van der Waals surface area contributed by atoms with Crippen molar-refractivity contribution in [3.8, 4) is 11.3 Å².